The molecule has 2 aromatic rings. The van der Waals surface area contributed by atoms with Gasteiger partial charge in [-0.3, -0.25) is 4.79 Å². The first-order valence-corrected chi connectivity index (χ1v) is 9.93. The summed E-state index contributed by atoms with van der Waals surface area (Å²) in [6, 6.07) is 8.85. The van der Waals surface area contributed by atoms with Gasteiger partial charge >= 0.3 is 6.18 Å². The monoisotopic (exact) mass is 465 g/mol. The van der Waals surface area contributed by atoms with Gasteiger partial charge in [-0.05, 0) is 42.9 Å². The Morgan fingerprint density at radius 3 is 2.47 bits per heavy atom. The van der Waals surface area contributed by atoms with Crippen molar-refractivity contribution in [1.29, 1.82) is 0 Å². The quantitative estimate of drug-likeness (QED) is 0.635. The molecule has 1 amide bonds. The van der Waals surface area contributed by atoms with Gasteiger partial charge in [0.1, 0.15) is 11.5 Å². The Kier molecular flexibility index (Phi) is 6.63. The summed E-state index contributed by atoms with van der Waals surface area (Å²) in [5.41, 5.74) is -0.104. The molecule has 0 radical (unpaired) electrons. The fraction of sp³-hybridized carbons (Fsp3) is 0.273. The number of anilines is 1. The number of nitrogens with one attached hydrogen (secondary N) is 2. The lowest BCUT2D eigenvalue weighted by Gasteiger charge is -2.36. The van der Waals surface area contributed by atoms with Crippen LogP contribution in [-0.4, -0.2) is 37.2 Å². The Hall–Kier alpha value is -3.27. The zero-order valence-corrected chi connectivity index (χ0v) is 18.6. The lowest BCUT2D eigenvalue weighted by atomic mass is 9.90. The van der Waals surface area contributed by atoms with Crippen molar-refractivity contribution in [2.24, 2.45) is 0 Å². The van der Waals surface area contributed by atoms with E-state index in [-0.39, 0.29) is 16.2 Å². The summed E-state index contributed by atoms with van der Waals surface area (Å²) in [4.78, 5) is 14.9. The van der Waals surface area contributed by atoms with Crippen LogP contribution in [0.2, 0.25) is 0 Å². The zero-order valence-electron chi connectivity index (χ0n) is 17.8. The molecule has 170 valence electrons. The molecule has 0 aromatic heterocycles. The van der Waals surface area contributed by atoms with Crippen LogP contribution in [0, 0.1) is 0 Å². The zero-order chi connectivity index (χ0) is 23.6. The molecule has 6 nitrogen and oxygen atoms in total. The molecule has 0 bridgehead atoms. The maximum Gasteiger partial charge on any atom is 0.416 e. The first-order valence-electron chi connectivity index (χ1n) is 9.53. The predicted molar refractivity (Wildman–Crippen MR) is 119 cm³/mol. The Bertz CT molecular complexity index is 1090. The van der Waals surface area contributed by atoms with E-state index in [9.17, 15) is 18.0 Å². The summed E-state index contributed by atoms with van der Waals surface area (Å²) in [5, 5.41) is 5.82. The third-order valence-corrected chi connectivity index (χ3v) is 5.62. The second kappa shape index (κ2) is 9.07. The molecule has 0 saturated carbocycles. The molecule has 2 aromatic carbocycles. The number of methoxy groups -OCH3 is 2. The van der Waals surface area contributed by atoms with Crippen LogP contribution < -0.4 is 20.1 Å². The molecule has 0 spiro atoms. The van der Waals surface area contributed by atoms with E-state index in [1.54, 1.807) is 37.1 Å². The molecule has 1 aliphatic rings. The second-order valence-electron chi connectivity index (χ2n) is 7.05. The lowest BCUT2D eigenvalue weighted by Crippen LogP contribution is -2.47. The van der Waals surface area contributed by atoms with Gasteiger partial charge in [-0.25, -0.2) is 0 Å². The van der Waals surface area contributed by atoms with Gasteiger partial charge < -0.3 is 25.0 Å². The van der Waals surface area contributed by atoms with Crippen LogP contribution in [0.3, 0.4) is 0 Å². The van der Waals surface area contributed by atoms with Crippen LogP contribution in [0.1, 0.15) is 24.1 Å². The maximum absolute atomic E-state index is 13.7. The molecule has 1 heterocycles. The maximum atomic E-state index is 13.7. The van der Waals surface area contributed by atoms with Gasteiger partial charge in [0.05, 0.1) is 37.1 Å². The summed E-state index contributed by atoms with van der Waals surface area (Å²) in [5.74, 6) is 0.251. The Morgan fingerprint density at radius 1 is 1.16 bits per heavy atom. The topological polar surface area (TPSA) is 62.8 Å². The molecule has 1 aliphatic heterocycles. The summed E-state index contributed by atoms with van der Waals surface area (Å²) in [6.07, 6.45) is -4.60. The first-order chi connectivity index (χ1) is 15.1. The SMILES string of the molecule is COc1ccc(OC)c(NC(=O)C2=C(C)N(C)C(=S)NC2c2ccccc2C(F)(F)F)c1. The van der Waals surface area contributed by atoms with Crippen LogP contribution in [0.15, 0.2) is 53.7 Å². The molecule has 0 aliphatic carbocycles. The van der Waals surface area contributed by atoms with Gasteiger partial charge in [0.25, 0.3) is 5.91 Å². The molecule has 2 N–H and O–H groups in total. The predicted octanol–water partition coefficient (Wildman–Crippen LogP) is 4.50. The fourth-order valence-electron chi connectivity index (χ4n) is 3.47. The molecule has 1 unspecified atom stereocenters. The molecule has 3 rings (SSSR count). The minimum atomic E-state index is -4.60. The average molecular weight is 465 g/mol. The van der Waals surface area contributed by atoms with Crippen molar-refractivity contribution in [2.45, 2.75) is 19.1 Å². The normalized spacial score (nSPS) is 16.5. The molecule has 0 saturated heterocycles. The van der Waals surface area contributed by atoms with Crippen molar-refractivity contribution in [3.8, 4) is 11.5 Å². The second-order valence-corrected chi connectivity index (χ2v) is 7.43. The van der Waals surface area contributed by atoms with Gasteiger partial charge in [0.2, 0.25) is 0 Å². The van der Waals surface area contributed by atoms with E-state index in [2.05, 4.69) is 10.6 Å². The van der Waals surface area contributed by atoms with E-state index >= 15 is 0 Å². The summed E-state index contributed by atoms with van der Waals surface area (Å²) in [7, 11) is 4.56. The number of carbonyl (C=O) groups is 1. The number of alkyl halides is 3. The van der Waals surface area contributed by atoms with Gasteiger partial charge in [-0.1, -0.05) is 18.2 Å². The number of hydrogen-bond acceptors (Lipinski definition) is 4. The Balaban J connectivity index is 2.10. The molecule has 32 heavy (non-hydrogen) atoms. The number of ether oxygens (including phenoxy) is 2. The molecule has 1 atom stereocenters. The van der Waals surface area contributed by atoms with Crippen molar-refractivity contribution in [3.63, 3.8) is 0 Å². The number of thiocarbonyl (C=S) groups is 1. The van der Waals surface area contributed by atoms with E-state index in [0.29, 0.717) is 22.9 Å². The number of carbonyl (C=O) groups excluding carboxylic acids is 1. The van der Waals surface area contributed by atoms with E-state index in [4.69, 9.17) is 21.7 Å². The van der Waals surface area contributed by atoms with Gasteiger partial charge in [0.15, 0.2) is 5.11 Å². The summed E-state index contributed by atoms with van der Waals surface area (Å²) >= 11 is 5.29. The highest BCUT2D eigenvalue weighted by atomic mass is 32.1. The van der Waals surface area contributed by atoms with Crippen molar-refractivity contribution >= 4 is 28.9 Å². The number of hydrogen-bond donors (Lipinski definition) is 2. The smallest absolute Gasteiger partial charge is 0.416 e. The summed E-state index contributed by atoms with van der Waals surface area (Å²) in [6.45, 7) is 1.63. The highest BCUT2D eigenvalue weighted by Crippen LogP contribution is 2.39. The molecular weight excluding hydrogens is 443 g/mol. The number of allylic oxidation sites excluding steroid dienone is 1. The van der Waals surface area contributed by atoms with E-state index < -0.39 is 23.7 Å². The van der Waals surface area contributed by atoms with Crippen LogP contribution in [0.25, 0.3) is 0 Å². The highest BCUT2D eigenvalue weighted by Gasteiger charge is 2.40. The Labute approximate surface area is 189 Å². The van der Waals surface area contributed by atoms with Crippen molar-refractivity contribution < 1.29 is 27.4 Å². The van der Waals surface area contributed by atoms with Gasteiger partial charge in [-0.15, -0.1) is 0 Å². The van der Waals surface area contributed by atoms with E-state index in [0.717, 1.165) is 6.07 Å². The van der Waals surface area contributed by atoms with E-state index in [1.165, 1.54) is 32.4 Å². The first kappa shape index (κ1) is 23.4. The van der Waals surface area contributed by atoms with Gasteiger partial charge in [0, 0.05) is 18.8 Å². The largest absolute Gasteiger partial charge is 0.497 e. The lowest BCUT2D eigenvalue weighted by molar-refractivity contribution is -0.138. The van der Waals surface area contributed by atoms with Crippen molar-refractivity contribution in [3.05, 3.63) is 64.9 Å². The third kappa shape index (κ3) is 4.50. The van der Waals surface area contributed by atoms with E-state index in [1.807, 2.05) is 0 Å². The minimum Gasteiger partial charge on any atom is -0.497 e. The number of benzene rings is 2. The van der Waals surface area contributed by atoms with Crippen LogP contribution in [0.5, 0.6) is 11.5 Å². The van der Waals surface area contributed by atoms with Crippen molar-refractivity contribution in [2.75, 3.05) is 26.6 Å². The number of rotatable bonds is 5. The van der Waals surface area contributed by atoms with Crippen LogP contribution in [-0.2, 0) is 11.0 Å². The van der Waals surface area contributed by atoms with Crippen LogP contribution in [0.4, 0.5) is 18.9 Å². The number of nitrogens with zero attached hydrogens (tertiary/aromatic N) is 1. The third-order valence-electron chi connectivity index (χ3n) is 5.23. The number of halogens is 3. The number of amides is 1. The molecule has 10 heteroatoms. The Morgan fingerprint density at radius 2 is 1.84 bits per heavy atom. The highest BCUT2D eigenvalue weighted by molar-refractivity contribution is 7.80. The molecular formula is C22H22F3N3O3S. The summed E-state index contributed by atoms with van der Waals surface area (Å²) < 4.78 is 51.6. The standard InChI is InChI=1S/C22H22F3N3O3S/c1-12-18(20(29)26-16-11-13(30-3)9-10-17(16)31-4)19(27-21(32)28(12)2)14-7-5-6-8-15(14)22(23,24)25/h5-11,19H,1-4H3,(H,26,29)(H,27,32). The fourth-order valence-corrected chi connectivity index (χ4v) is 3.73. The van der Waals surface area contributed by atoms with Crippen molar-refractivity contribution in [1.82, 2.24) is 10.2 Å². The van der Waals surface area contributed by atoms with Crippen LogP contribution >= 0.6 is 12.2 Å². The average Bonchev–Trinajstić information content (AvgIpc) is 2.76. The van der Waals surface area contributed by atoms with Gasteiger partial charge in [-0.2, -0.15) is 13.2 Å². The minimum absolute atomic E-state index is 0.0995. The molecule has 0 fully saturated rings.